The van der Waals surface area contributed by atoms with Crippen LogP contribution in [-0.2, 0) is 19.9 Å². The number of aliphatic hydroxyl groups is 1. The average Bonchev–Trinajstić information content (AvgIpc) is 2.90. The van der Waals surface area contributed by atoms with Gasteiger partial charge in [0.25, 0.3) is 5.91 Å². The molecule has 1 heterocycles. The predicted molar refractivity (Wildman–Crippen MR) is 109 cm³/mol. The van der Waals surface area contributed by atoms with Crippen molar-refractivity contribution in [3.8, 4) is 0 Å². The second kappa shape index (κ2) is 8.17. The Labute approximate surface area is 170 Å². The van der Waals surface area contributed by atoms with E-state index in [1.54, 1.807) is 43.3 Å². The number of para-hydroxylation sites is 1. The molecule has 6 nitrogen and oxygen atoms in total. The second-order valence-electron chi connectivity index (χ2n) is 7.45. The Morgan fingerprint density at radius 1 is 1.10 bits per heavy atom. The maximum Gasteiger partial charge on any atom is 0.326 e. The number of amides is 1. The van der Waals surface area contributed by atoms with Crippen LogP contribution in [-0.4, -0.2) is 35.9 Å². The molecular weight excluding hydrogens is 370 g/mol. The van der Waals surface area contributed by atoms with Gasteiger partial charge in [-0.3, -0.25) is 19.3 Å². The molecule has 0 spiro atoms. The van der Waals surface area contributed by atoms with Crippen LogP contribution in [0, 0.1) is 0 Å². The number of carbonyl (C=O) groups is 3. The molecule has 29 heavy (non-hydrogen) atoms. The van der Waals surface area contributed by atoms with Gasteiger partial charge in [0.15, 0.2) is 11.4 Å². The summed E-state index contributed by atoms with van der Waals surface area (Å²) in [6.07, 6.45) is -0.400. The van der Waals surface area contributed by atoms with Crippen LogP contribution in [0.4, 0.5) is 5.69 Å². The average molecular weight is 395 g/mol. The molecule has 0 bridgehead atoms. The third-order valence-corrected chi connectivity index (χ3v) is 5.15. The molecule has 6 heteroatoms. The van der Waals surface area contributed by atoms with Crippen molar-refractivity contribution in [2.75, 3.05) is 18.1 Å². The van der Waals surface area contributed by atoms with Gasteiger partial charge >= 0.3 is 5.97 Å². The van der Waals surface area contributed by atoms with Gasteiger partial charge in [0, 0.05) is 11.1 Å². The fourth-order valence-corrected chi connectivity index (χ4v) is 3.56. The molecule has 0 saturated carbocycles. The molecular formula is C23H25NO5. The highest BCUT2D eigenvalue weighted by molar-refractivity contribution is 6.12. The Hall–Kier alpha value is -2.99. The smallest absolute Gasteiger partial charge is 0.326 e. The van der Waals surface area contributed by atoms with E-state index in [0.717, 1.165) is 5.56 Å². The molecule has 0 aliphatic carbocycles. The Balaban J connectivity index is 1.88. The number of ether oxygens (including phenoxy) is 1. The molecule has 152 valence electrons. The summed E-state index contributed by atoms with van der Waals surface area (Å²) in [7, 11) is 0. The van der Waals surface area contributed by atoms with Gasteiger partial charge < -0.3 is 9.84 Å². The van der Waals surface area contributed by atoms with E-state index < -0.39 is 23.9 Å². The van der Waals surface area contributed by atoms with E-state index in [1.807, 2.05) is 12.1 Å². The quantitative estimate of drug-likeness (QED) is 0.575. The molecule has 3 rings (SSSR count). The zero-order valence-electron chi connectivity index (χ0n) is 16.8. The van der Waals surface area contributed by atoms with Crippen LogP contribution in [0.5, 0.6) is 0 Å². The molecule has 1 unspecified atom stereocenters. The first-order valence-electron chi connectivity index (χ1n) is 9.70. The van der Waals surface area contributed by atoms with Crippen molar-refractivity contribution in [3.63, 3.8) is 0 Å². The molecule has 1 aliphatic heterocycles. The molecule has 1 amide bonds. The second-order valence-corrected chi connectivity index (χ2v) is 7.45. The highest BCUT2D eigenvalue weighted by Gasteiger charge is 2.51. The molecule has 1 N–H and O–H groups in total. The number of ketones is 1. The fraction of sp³-hybridized carbons (Fsp3) is 0.348. The van der Waals surface area contributed by atoms with Gasteiger partial charge in [0.05, 0.1) is 18.7 Å². The van der Waals surface area contributed by atoms with Gasteiger partial charge in [-0.25, -0.2) is 0 Å². The minimum absolute atomic E-state index is 0.192. The summed E-state index contributed by atoms with van der Waals surface area (Å²) in [5.41, 5.74) is 0.245. The number of fused-ring (bicyclic) bond motifs is 1. The third-order valence-electron chi connectivity index (χ3n) is 5.15. The normalized spacial score (nSPS) is 18.1. The molecule has 1 aliphatic rings. The van der Waals surface area contributed by atoms with Crippen molar-refractivity contribution >= 4 is 23.3 Å². The maximum absolute atomic E-state index is 13.1. The summed E-state index contributed by atoms with van der Waals surface area (Å²) in [6, 6.07) is 13.8. The topological polar surface area (TPSA) is 83.9 Å². The van der Waals surface area contributed by atoms with Crippen molar-refractivity contribution in [1.29, 1.82) is 0 Å². The first-order chi connectivity index (χ1) is 13.8. The molecule has 2 aromatic carbocycles. The van der Waals surface area contributed by atoms with Gasteiger partial charge in [0.1, 0.15) is 6.54 Å². The van der Waals surface area contributed by atoms with Crippen LogP contribution < -0.4 is 4.90 Å². The highest BCUT2D eigenvalue weighted by Crippen LogP contribution is 2.42. The van der Waals surface area contributed by atoms with E-state index in [1.165, 1.54) is 4.90 Å². The summed E-state index contributed by atoms with van der Waals surface area (Å²) in [5.74, 6) is -1.28. The number of esters is 1. The lowest BCUT2D eigenvalue weighted by atomic mass is 9.87. The number of Topliss-reactive ketones (excluding diaryl/α,β-unsaturated/α-hetero) is 1. The van der Waals surface area contributed by atoms with Crippen LogP contribution in [0.2, 0.25) is 0 Å². The lowest BCUT2D eigenvalue weighted by Crippen LogP contribution is -2.44. The Morgan fingerprint density at radius 2 is 1.76 bits per heavy atom. The minimum atomic E-state index is -2.02. The molecule has 2 aromatic rings. The Morgan fingerprint density at radius 3 is 2.38 bits per heavy atom. The van der Waals surface area contributed by atoms with Crippen LogP contribution in [0.15, 0.2) is 48.5 Å². The number of nitrogens with zero attached hydrogens (tertiary/aromatic N) is 1. The summed E-state index contributed by atoms with van der Waals surface area (Å²) in [6.45, 7) is 5.68. The molecule has 0 fully saturated rings. The van der Waals surface area contributed by atoms with Crippen molar-refractivity contribution < 1.29 is 24.2 Å². The van der Waals surface area contributed by atoms with Gasteiger partial charge in [0.2, 0.25) is 0 Å². The summed E-state index contributed by atoms with van der Waals surface area (Å²) >= 11 is 0. The summed E-state index contributed by atoms with van der Waals surface area (Å²) < 4.78 is 4.93. The number of hydrogen-bond donors (Lipinski definition) is 1. The van der Waals surface area contributed by atoms with Crippen LogP contribution >= 0.6 is 0 Å². The van der Waals surface area contributed by atoms with E-state index in [4.69, 9.17) is 4.74 Å². The molecule has 0 radical (unpaired) electrons. The van der Waals surface area contributed by atoms with Crippen LogP contribution in [0.25, 0.3) is 0 Å². The van der Waals surface area contributed by atoms with Gasteiger partial charge in [-0.1, -0.05) is 56.3 Å². The zero-order chi connectivity index (χ0) is 21.2. The van der Waals surface area contributed by atoms with E-state index >= 15 is 0 Å². The van der Waals surface area contributed by atoms with Gasteiger partial charge in [-0.15, -0.1) is 0 Å². The maximum atomic E-state index is 13.1. The number of hydrogen-bond acceptors (Lipinski definition) is 5. The van der Waals surface area contributed by atoms with Gasteiger partial charge in [-0.05, 0) is 24.5 Å². The lowest BCUT2D eigenvalue weighted by molar-refractivity contribution is -0.144. The van der Waals surface area contributed by atoms with Crippen LogP contribution in [0.1, 0.15) is 54.6 Å². The van der Waals surface area contributed by atoms with Crippen molar-refractivity contribution in [2.45, 2.75) is 38.7 Å². The Kier molecular flexibility index (Phi) is 5.84. The summed E-state index contributed by atoms with van der Waals surface area (Å²) in [4.78, 5) is 39.0. The molecule has 0 aromatic heterocycles. The minimum Gasteiger partial charge on any atom is -0.465 e. The van der Waals surface area contributed by atoms with E-state index in [2.05, 4.69) is 13.8 Å². The van der Waals surface area contributed by atoms with E-state index in [0.29, 0.717) is 22.7 Å². The van der Waals surface area contributed by atoms with Gasteiger partial charge in [-0.2, -0.15) is 0 Å². The van der Waals surface area contributed by atoms with Crippen molar-refractivity contribution in [1.82, 2.24) is 0 Å². The number of benzene rings is 2. The third kappa shape index (κ3) is 3.93. The Bertz CT molecular complexity index is 935. The van der Waals surface area contributed by atoms with Crippen molar-refractivity contribution in [3.05, 3.63) is 65.2 Å². The summed E-state index contributed by atoms with van der Waals surface area (Å²) in [5, 5.41) is 11.2. The lowest BCUT2D eigenvalue weighted by Gasteiger charge is -2.22. The molecule has 0 saturated heterocycles. The number of anilines is 1. The number of carbonyl (C=O) groups excluding carboxylic acids is 3. The molecule has 1 atom stereocenters. The van der Waals surface area contributed by atoms with Crippen molar-refractivity contribution in [2.24, 2.45) is 0 Å². The first kappa shape index (κ1) is 20.7. The van der Waals surface area contributed by atoms with E-state index in [9.17, 15) is 19.5 Å². The number of rotatable bonds is 7. The largest absolute Gasteiger partial charge is 0.465 e. The zero-order valence-corrected chi connectivity index (χ0v) is 16.8. The monoisotopic (exact) mass is 395 g/mol. The van der Waals surface area contributed by atoms with E-state index in [-0.39, 0.29) is 18.9 Å². The SMILES string of the molecule is CCOC(=O)CN1C(=O)C(O)(CC(=O)c2ccc(C(C)C)cc2)c2ccccc21. The first-order valence-corrected chi connectivity index (χ1v) is 9.70. The predicted octanol–water partition coefficient (Wildman–Crippen LogP) is 3.18. The fourth-order valence-electron chi connectivity index (χ4n) is 3.56. The standard InChI is InChI=1S/C23H25NO5/c1-4-29-21(26)14-24-19-8-6-5-7-18(19)23(28,22(24)27)13-20(25)17-11-9-16(10-12-17)15(2)3/h5-12,15,28H,4,13-14H2,1-3H3. The van der Waals surface area contributed by atoms with Crippen LogP contribution in [0.3, 0.4) is 0 Å². The highest BCUT2D eigenvalue weighted by atomic mass is 16.5.